The van der Waals surface area contributed by atoms with E-state index >= 15 is 0 Å². The molecule has 2 aliphatic rings. The molecule has 0 spiro atoms. The Morgan fingerprint density at radius 2 is 1.96 bits per heavy atom. The molecule has 27 heavy (non-hydrogen) atoms. The Hall–Kier alpha value is -1.11. The molecule has 1 atom stereocenters. The van der Waals surface area contributed by atoms with Crippen LogP contribution >= 0.6 is 35.0 Å². The summed E-state index contributed by atoms with van der Waals surface area (Å²) in [6.07, 6.45) is 2.60. The number of carbonyl (C=O) groups is 2. The Morgan fingerprint density at radius 1 is 1.19 bits per heavy atom. The summed E-state index contributed by atoms with van der Waals surface area (Å²) in [6, 6.07) is 4.78. The van der Waals surface area contributed by atoms with Crippen LogP contribution in [-0.4, -0.2) is 65.4 Å². The molecule has 1 aromatic rings. The van der Waals surface area contributed by atoms with Gasteiger partial charge >= 0.3 is 0 Å². The number of benzene rings is 1. The largest absolute Gasteiger partial charge is 0.492 e. The van der Waals surface area contributed by atoms with Crippen LogP contribution in [0.2, 0.25) is 10.0 Å². The van der Waals surface area contributed by atoms with Gasteiger partial charge in [-0.15, -0.1) is 0 Å². The van der Waals surface area contributed by atoms with Gasteiger partial charge in [0.2, 0.25) is 11.8 Å². The summed E-state index contributed by atoms with van der Waals surface area (Å²) in [7, 11) is 0. The molecule has 148 valence electrons. The highest BCUT2D eigenvalue weighted by molar-refractivity contribution is 7.99. The molecule has 0 N–H and O–H groups in total. The van der Waals surface area contributed by atoms with Crippen molar-refractivity contribution in [1.82, 2.24) is 9.80 Å². The minimum Gasteiger partial charge on any atom is -0.492 e. The summed E-state index contributed by atoms with van der Waals surface area (Å²) in [6.45, 7) is 2.64. The van der Waals surface area contributed by atoms with E-state index in [2.05, 4.69) is 0 Å². The van der Waals surface area contributed by atoms with E-state index in [4.69, 9.17) is 27.9 Å². The number of amides is 2. The van der Waals surface area contributed by atoms with Crippen LogP contribution < -0.4 is 4.74 Å². The van der Waals surface area contributed by atoms with E-state index in [1.54, 1.807) is 23.1 Å². The lowest BCUT2D eigenvalue weighted by molar-refractivity contribution is -0.143. The lowest BCUT2D eigenvalue weighted by Crippen LogP contribution is -2.50. The van der Waals surface area contributed by atoms with Gasteiger partial charge in [-0.1, -0.05) is 23.2 Å². The van der Waals surface area contributed by atoms with Gasteiger partial charge in [0.15, 0.2) is 0 Å². The maximum atomic E-state index is 12.8. The van der Waals surface area contributed by atoms with Crippen LogP contribution in [-0.2, 0) is 9.59 Å². The summed E-state index contributed by atoms with van der Waals surface area (Å²) < 4.78 is 5.64. The van der Waals surface area contributed by atoms with Gasteiger partial charge in [0.1, 0.15) is 11.8 Å². The second-order valence-electron chi connectivity index (χ2n) is 6.71. The van der Waals surface area contributed by atoms with Crippen molar-refractivity contribution in [3.8, 4) is 5.75 Å². The molecule has 1 unspecified atom stereocenters. The SMILES string of the molecule is O=C(C1CCCN1C(=O)CCCOc1ccc(Cl)cc1Cl)N1CCSCC1. The van der Waals surface area contributed by atoms with E-state index in [1.165, 1.54) is 0 Å². The van der Waals surface area contributed by atoms with Crippen molar-refractivity contribution in [2.45, 2.75) is 31.7 Å². The lowest BCUT2D eigenvalue weighted by Gasteiger charge is -2.32. The minimum atomic E-state index is -0.285. The van der Waals surface area contributed by atoms with E-state index < -0.39 is 0 Å². The fourth-order valence-corrected chi connectivity index (χ4v) is 4.82. The molecule has 0 aliphatic carbocycles. The molecule has 0 aromatic heterocycles. The van der Waals surface area contributed by atoms with Crippen LogP contribution in [0.25, 0.3) is 0 Å². The first-order chi connectivity index (χ1) is 13.1. The zero-order chi connectivity index (χ0) is 19.2. The Bertz CT molecular complexity index is 683. The normalized spacial score (nSPS) is 20.0. The summed E-state index contributed by atoms with van der Waals surface area (Å²) in [5.41, 5.74) is 0. The highest BCUT2D eigenvalue weighted by Crippen LogP contribution is 2.28. The molecule has 2 aliphatic heterocycles. The fraction of sp³-hybridized carbons (Fsp3) is 0.579. The van der Waals surface area contributed by atoms with Crippen LogP contribution in [0, 0.1) is 0 Å². The van der Waals surface area contributed by atoms with Crippen molar-refractivity contribution in [3.63, 3.8) is 0 Å². The summed E-state index contributed by atoms with van der Waals surface area (Å²) in [5, 5.41) is 1.01. The van der Waals surface area contributed by atoms with Crippen molar-refractivity contribution in [1.29, 1.82) is 0 Å². The van der Waals surface area contributed by atoms with Gasteiger partial charge in [-0.25, -0.2) is 0 Å². The monoisotopic (exact) mass is 430 g/mol. The van der Waals surface area contributed by atoms with Gasteiger partial charge in [0.25, 0.3) is 0 Å². The van der Waals surface area contributed by atoms with Gasteiger partial charge in [0, 0.05) is 42.6 Å². The third kappa shape index (κ3) is 5.46. The number of rotatable bonds is 6. The van der Waals surface area contributed by atoms with Crippen molar-refractivity contribution in [3.05, 3.63) is 28.2 Å². The number of ether oxygens (including phenoxy) is 1. The van der Waals surface area contributed by atoms with Crippen LogP contribution in [0.5, 0.6) is 5.75 Å². The molecule has 2 saturated heterocycles. The van der Waals surface area contributed by atoms with Crippen LogP contribution in [0.1, 0.15) is 25.7 Å². The van der Waals surface area contributed by atoms with Crippen LogP contribution in [0.15, 0.2) is 18.2 Å². The van der Waals surface area contributed by atoms with E-state index in [-0.39, 0.29) is 17.9 Å². The maximum absolute atomic E-state index is 12.8. The smallest absolute Gasteiger partial charge is 0.245 e. The number of carbonyl (C=O) groups excluding carboxylic acids is 2. The van der Waals surface area contributed by atoms with Crippen LogP contribution in [0.4, 0.5) is 0 Å². The third-order valence-electron chi connectivity index (χ3n) is 4.87. The van der Waals surface area contributed by atoms with Crippen molar-refractivity contribution < 1.29 is 14.3 Å². The van der Waals surface area contributed by atoms with Gasteiger partial charge in [0.05, 0.1) is 11.6 Å². The summed E-state index contributed by atoms with van der Waals surface area (Å²) >= 11 is 13.8. The molecular weight excluding hydrogens is 407 g/mol. The molecule has 2 fully saturated rings. The number of thioether (sulfide) groups is 1. The molecule has 1 aromatic carbocycles. The van der Waals surface area contributed by atoms with Crippen molar-refractivity contribution in [2.75, 3.05) is 37.7 Å². The number of hydrogen-bond acceptors (Lipinski definition) is 4. The number of halogens is 2. The first kappa shape index (κ1) is 20.6. The van der Waals surface area contributed by atoms with E-state index in [0.29, 0.717) is 41.8 Å². The minimum absolute atomic E-state index is 0.0306. The summed E-state index contributed by atoms with van der Waals surface area (Å²) in [5.74, 6) is 2.67. The zero-order valence-electron chi connectivity index (χ0n) is 15.2. The van der Waals surface area contributed by atoms with Gasteiger partial charge in [-0.05, 0) is 37.5 Å². The van der Waals surface area contributed by atoms with E-state index in [1.807, 2.05) is 16.7 Å². The molecule has 5 nitrogen and oxygen atoms in total. The Morgan fingerprint density at radius 3 is 2.70 bits per heavy atom. The quantitative estimate of drug-likeness (QED) is 0.645. The second kappa shape index (κ2) is 9.89. The Kier molecular flexibility index (Phi) is 7.56. The standard InChI is InChI=1S/C19H24Cl2N2O3S/c20-14-5-6-17(15(21)13-14)26-10-2-4-18(24)23-7-1-3-16(23)19(25)22-8-11-27-12-9-22/h5-6,13,16H,1-4,7-12H2. The molecule has 0 radical (unpaired) electrons. The van der Waals surface area contributed by atoms with Gasteiger partial charge in [-0.3, -0.25) is 9.59 Å². The molecule has 2 heterocycles. The van der Waals surface area contributed by atoms with Gasteiger partial charge < -0.3 is 14.5 Å². The summed E-state index contributed by atoms with van der Waals surface area (Å²) in [4.78, 5) is 29.1. The molecule has 8 heteroatoms. The first-order valence-electron chi connectivity index (χ1n) is 9.30. The topological polar surface area (TPSA) is 49.9 Å². The molecule has 3 rings (SSSR count). The van der Waals surface area contributed by atoms with Crippen molar-refractivity contribution >= 4 is 46.8 Å². The number of hydrogen-bond donors (Lipinski definition) is 0. The molecule has 2 amide bonds. The highest BCUT2D eigenvalue weighted by atomic mass is 35.5. The Balaban J connectivity index is 1.46. The maximum Gasteiger partial charge on any atom is 0.245 e. The highest BCUT2D eigenvalue weighted by Gasteiger charge is 2.36. The van der Waals surface area contributed by atoms with Crippen molar-refractivity contribution in [2.24, 2.45) is 0 Å². The molecular formula is C19H24Cl2N2O3S. The predicted octanol–water partition coefficient (Wildman–Crippen LogP) is 3.72. The second-order valence-corrected chi connectivity index (χ2v) is 8.78. The molecule has 0 saturated carbocycles. The Labute approximate surface area is 174 Å². The third-order valence-corrected chi connectivity index (χ3v) is 6.34. The average Bonchev–Trinajstić information content (AvgIpc) is 3.16. The van der Waals surface area contributed by atoms with Gasteiger partial charge in [-0.2, -0.15) is 11.8 Å². The van der Waals surface area contributed by atoms with Crippen LogP contribution in [0.3, 0.4) is 0 Å². The predicted molar refractivity (Wildman–Crippen MR) is 110 cm³/mol. The number of nitrogens with zero attached hydrogens (tertiary/aromatic N) is 2. The van der Waals surface area contributed by atoms with E-state index in [9.17, 15) is 9.59 Å². The van der Waals surface area contributed by atoms with E-state index in [0.717, 1.165) is 37.4 Å². The fourth-order valence-electron chi connectivity index (χ4n) is 3.46. The molecule has 0 bridgehead atoms. The lowest BCUT2D eigenvalue weighted by atomic mass is 10.1. The average molecular weight is 431 g/mol. The zero-order valence-corrected chi connectivity index (χ0v) is 17.5. The number of likely N-dealkylation sites (tertiary alicyclic amines) is 1. The first-order valence-corrected chi connectivity index (χ1v) is 11.2.